The highest BCUT2D eigenvalue weighted by Gasteiger charge is 1.97. The molecule has 0 aliphatic carbocycles. The lowest BCUT2D eigenvalue weighted by molar-refractivity contribution is -0.696. The zero-order chi connectivity index (χ0) is 20.2. The zero-order valence-corrected chi connectivity index (χ0v) is 17.8. The second kappa shape index (κ2) is 19.2. The van der Waals surface area contributed by atoms with Crippen molar-refractivity contribution in [3.05, 3.63) is 37.4 Å². The van der Waals surface area contributed by atoms with Gasteiger partial charge in [0.25, 0.3) is 0 Å². The molecule has 0 aliphatic heterocycles. The number of nitrogens with zero attached hydrogens (tertiary/aromatic N) is 6. The topological polar surface area (TPSA) is 65.2 Å². The summed E-state index contributed by atoms with van der Waals surface area (Å²) in [6, 6.07) is 0. The van der Waals surface area contributed by atoms with Crippen LogP contribution in [0.1, 0.15) is 39.5 Å². The predicted octanol–water partition coefficient (Wildman–Crippen LogP) is 2.25. The molecule has 0 amide bonds. The van der Waals surface area contributed by atoms with Gasteiger partial charge < -0.3 is 25.3 Å². The second-order valence-corrected chi connectivity index (χ2v) is 5.89. The van der Waals surface area contributed by atoms with Crippen molar-refractivity contribution in [2.24, 2.45) is 14.1 Å². The largest absolute Gasteiger partial charge is 0.696 e. The van der Waals surface area contributed by atoms with E-state index < -0.39 is 0 Å². The van der Waals surface area contributed by atoms with Crippen LogP contribution in [0.25, 0.3) is 0 Å². The van der Waals surface area contributed by atoms with Gasteiger partial charge in [-0.15, -0.1) is 0 Å². The van der Waals surface area contributed by atoms with E-state index in [4.69, 9.17) is 10.5 Å². The molecule has 0 aliphatic rings. The number of hydrogen-bond acceptors (Lipinski definition) is 4. The molecule has 0 saturated heterocycles. The molecule has 0 atom stereocenters. The first kappa shape index (κ1) is 26.1. The van der Waals surface area contributed by atoms with Gasteiger partial charge in [-0.05, 0) is 12.8 Å². The number of thiocyanates is 2. The maximum atomic E-state index is 7.13. The molecule has 0 unspecified atom stereocenters. The van der Waals surface area contributed by atoms with E-state index >= 15 is 0 Å². The lowest BCUT2D eigenvalue weighted by Crippen LogP contribution is -2.30. The summed E-state index contributed by atoms with van der Waals surface area (Å²) in [4.78, 5) is 0. The van der Waals surface area contributed by atoms with Gasteiger partial charge in [0.05, 0.1) is 27.2 Å². The van der Waals surface area contributed by atoms with Gasteiger partial charge in [-0.3, -0.25) is 0 Å². The van der Waals surface area contributed by atoms with E-state index in [1.54, 1.807) is 0 Å². The van der Waals surface area contributed by atoms with Crippen LogP contribution in [0.15, 0.2) is 37.4 Å². The van der Waals surface area contributed by atoms with Crippen molar-refractivity contribution in [2.75, 3.05) is 0 Å². The first-order valence-corrected chi connectivity index (χ1v) is 9.35. The van der Waals surface area contributed by atoms with Crippen LogP contribution in [-0.4, -0.2) is 9.13 Å². The Bertz CT molecular complexity index is 580. The number of imidazole rings is 2. The second-order valence-electron chi connectivity index (χ2n) is 5.52. The molecule has 8 heteroatoms. The molecule has 2 rings (SSSR count). The zero-order valence-electron chi connectivity index (χ0n) is 16.2. The number of aromatic nitrogens is 4. The van der Waals surface area contributed by atoms with Crippen LogP contribution in [0, 0.1) is 21.3 Å². The molecule has 6 nitrogen and oxygen atoms in total. The van der Waals surface area contributed by atoms with Crippen molar-refractivity contribution in [1.29, 1.82) is 10.5 Å². The van der Waals surface area contributed by atoms with Crippen LogP contribution in [0.4, 0.5) is 0 Å². The van der Waals surface area contributed by atoms with Crippen molar-refractivity contribution < 1.29 is 9.13 Å². The fraction of sp³-hybridized carbons (Fsp3) is 0.556. The molecule has 0 bridgehead atoms. The maximum absolute atomic E-state index is 7.13. The van der Waals surface area contributed by atoms with Gasteiger partial charge in [0.1, 0.15) is 24.8 Å². The molecule has 0 aromatic carbocycles. The van der Waals surface area contributed by atoms with Crippen molar-refractivity contribution in [3.8, 4) is 10.8 Å². The number of nitriles is 2. The molecule has 144 valence electrons. The minimum atomic E-state index is 1.15. The summed E-state index contributed by atoms with van der Waals surface area (Å²) in [6.45, 7) is 6.72. The minimum absolute atomic E-state index is 1.15. The smallest absolute Gasteiger partial charge is 0.243 e. The summed E-state index contributed by atoms with van der Waals surface area (Å²) in [5.74, 6) is 0. The Labute approximate surface area is 169 Å². The van der Waals surface area contributed by atoms with Crippen LogP contribution < -0.4 is 9.13 Å². The molecular weight excluding hydrogens is 364 g/mol. The van der Waals surface area contributed by atoms with Gasteiger partial charge in [-0.1, -0.05) is 37.5 Å². The Hall–Kier alpha value is -2.16. The van der Waals surface area contributed by atoms with E-state index in [2.05, 4.69) is 94.8 Å². The average molecular weight is 395 g/mol. The van der Waals surface area contributed by atoms with E-state index in [0.717, 1.165) is 13.1 Å². The summed E-state index contributed by atoms with van der Waals surface area (Å²) in [5, 5.41) is 16.9. The highest BCUT2D eigenvalue weighted by atomic mass is 32.1. The molecule has 2 aromatic heterocycles. The Morgan fingerprint density at radius 1 is 0.808 bits per heavy atom. The number of aryl methyl sites for hydroxylation is 4. The molecule has 0 N–H and O–H groups in total. The van der Waals surface area contributed by atoms with Crippen molar-refractivity contribution in [2.45, 2.75) is 52.6 Å². The monoisotopic (exact) mass is 394 g/mol. The standard InChI is InChI=1S/2C8H15N2.2CHNS/c2*1-3-4-5-10-7-6-9(2)8-10;2*2-1-3/h2*6-8H,3-5H2,1-2H3;2*3H/q2*+1;;/p-2. The Balaban J connectivity index is 0. The molecule has 2 heterocycles. The Morgan fingerprint density at radius 2 is 1.12 bits per heavy atom. The number of unbranched alkanes of at least 4 members (excludes halogenated alkanes) is 2. The van der Waals surface area contributed by atoms with Gasteiger partial charge in [0.15, 0.2) is 0 Å². The molecular formula is C18H30N6S2. The van der Waals surface area contributed by atoms with E-state index in [1.807, 2.05) is 14.1 Å². The fourth-order valence-corrected chi connectivity index (χ4v) is 1.95. The normalized spacial score (nSPS) is 8.38. The van der Waals surface area contributed by atoms with E-state index in [0.29, 0.717) is 0 Å². The molecule has 26 heavy (non-hydrogen) atoms. The van der Waals surface area contributed by atoms with Gasteiger partial charge in [-0.25, -0.2) is 28.8 Å². The highest BCUT2D eigenvalue weighted by Crippen LogP contribution is 1.86. The third-order valence-electron chi connectivity index (χ3n) is 3.19. The van der Waals surface area contributed by atoms with Crippen molar-refractivity contribution in [1.82, 2.24) is 9.13 Å². The van der Waals surface area contributed by atoms with Gasteiger partial charge in [-0.2, -0.15) is 0 Å². The van der Waals surface area contributed by atoms with Gasteiger partial charge in [0.2, 0.25) is 12.7 Å². The molecule has 0 radical (unpaired) electrons. The van der Waals surface area contributed by atoms with Crippen molar-refractivity contribution in [3.63, 3.8) is 0 Å². The van der Waals surface area contributed by atoms with Crippen LogP contribution in [0.5, 0.6) is 0 Å². The first-order valence-electron chi connectivity index (χ1n) is 8.53. The predicted molar refractivity (Wildman–Crippen MR) is 107 cm³/mol. The average Bonchev–Trinajstić information content (AvgIpc) is 3.21. The van der Waals surface area contributed by atoms with Crippen molar-refractivity contribution >= 4 is 25.3 Å². The minimum Gasteiger partial charge on any atom is -0.696 e. The lowest BCUT2D eigenvalue weighted by atomic mass is 10.3. The molecule has 2 aromatic rings. The molecule has 0 saturated carbocycles. The van der Waals surface area contributed by atoms with E-state index in [9.17, 15) is 0 Å². The SMILES string of the molecule is CCCC[n+]1ccn(C)c1.CCCC[n+]1ccn(C)c1.N#C[S-].N#C[S-]. The van der Waals surface area contributed by atoms with Gasteiger partial charge >= 0.3 is 0 Å². The highest BCUT2D eigenvalue weighted by molar-refractivity contribution is 7.64. The maximum Gasteiger partial charge on any atom is 0.243 e. The van der Waals surface area contributed by atoms with Crippen LogP contribution >= 0.6 is 0 Å². The molecule has 0 fully saturated rings. The number of hydrogen-bond donors (Lipinski definition) is 0. The third kappa shape index (κ3) is 16.7. The summed E-state index contributed by atoms with van der Waals surface area (Å²) in [5.41, 5.74) is 0. The Kier molecular flexibility index (Phi) is 19.2. The summed E-state index contributed by atoms with van der Waals surface area (Å²) in [7, 11) is 4.09. The Morgan fingerprint density at radius 3 is 1.31 bits per heavy atom. The molecule has 0 spiro atoms. The summed E-state index contributed by atoms with van der Waals surface area (Å²) >= 11 is 7.40. The first-order chi connectivity index (χ1) is 12.5. The van der Waals surface area contributed by atoms with Crippen LogP contribution in [0.2, 0.25) is 0 Å². The van der Waals surface area contributed by atoms with E-state index in [-0.39, 0.29) is 0 Å². The lowest BCUT2D eigenvalue weighted by Gasteiger charge is -1.90. The summed E-state index contributed by atoms with van der Waals surface area (Å²) < 4.78 is 8.55. The third-order valence-corrected chi connectivity index (χ3v) is 3.19. The van der Waals surface area contributed by atoms with E-state index in [1.165, 1.54) is 36.5 Å². The quantitative estimate of drug-likeness (QED) is 0.428. The summed E-state index contributed by atoms with van der Waals surface area (Å²) in [6.07, 6.45) is 17.6. The fourth-order valence-electron chi connectivity index (χ4n) is 1.95. The van der Waals surface area contributed by atoms with Crippen LogP contribution in [-0.2, 0) is 52.4 Å². The number of rotatable bonds is 6. The van der Waals surface area contributed by atoms with Gasteiger partial charge in [0, 0.05) is 0 Å². The van der Waals surface area contributed by atoms with Crippen LogP contribution in [0.3, 0.4) is 0 Å².